The lowest BCUT2D eigenvalue weighted by molar-refractivity contribution is -0.380. The Morgan fingerprint density at radius 1 is 0.471 bits per heavy atom. The molecule has 0 atom stereocenters. The maximum Gasteiger partial charge on any atom is 0.378 e. The molecule has 0 saturated heterocycles. The van der Waals surface area contributed by atoms with E-state index < -0.39 is 36.0 Å². The van der Waals surface area contributed by atoms with E-state index in [1.807, 2.05) is 0 Å². The topological polar surface area (TPSA) is 0 Å². The third-order valence-corrected chi connectivity index (χ3v) is 2.28. The molecule has 17 heavy (non-hydrogen) atoms. The van der Waals surface area contributed by atoms with Gasteiger partial charge in [-0.2, -0.15) is 35.1 Å². The summed E-state index contributed by atoms with van der Waals surface area (Å²) in [6.07, 6.45) is 0. The van der Waals surface area contributed by atoms with E-state index in [9.17, 15) is 35.1 Å². The van der Waals surface area contributed by atoms with Gasteiger partial charge in [-0.25, -0.2) is 0 Å². The second kappa shape index (κ2) is 3.71. The highest BCUT2D eigenvalue weighted by atomic mass is 19.4. The number of halogens is 8. The van der Waals surface area contributed by atoms with Crippen LogP contribution in [-0.2, 0) is 0 Å². The zero-order valence-corrected chi connectivity index (χ0v) is 9.52. The summed E-state index contributed by atoms with van der Waals surface area (Å²) < 4.78 is 103. The summed E-state index contributed by atoms with van der Waals surface area (Å²) in [5.41, 5.74) is -2.59. The molecule has 0 aromatic carbocycles. The second-order valence-electron chi connectivity index (χ2n) is 4.86. The highest BCUT2D eigenvalue weighted by molar-refractivity contribution is 5.05. The maximum atomic E-state index is 13.2. The summed E-state index contributed by atoms with van der Waals surface area (Å²) in [4.78, 5) is 0. The van der Waals surface area contributed by atoms with Gasteiger partial charge in [-0.05, 0) is 0 Å². The average Bonchev–Trinajstić information content (AvgIpc) is 1.98. The predicted molar refractivity (Wildman–Crippen MR) is 44.9 cm³/mol. The minimum absolute atomic E-state index is 0.528. The van der Waals surface area contributed by atoms with Crippen LogP contribution in [0.4, 0.5) is 35.1 Å². The van der Waals surface area contributed by atoms with Crippen molar-refractivity contribution in [3.05, 3.63) is 0 Å². The summed E-state index contributed by atoms with van der Waals surface area (Å²) in [6.45, 7) is 1.15. The Balaban J connectivity index is 5.73. The third kappa shape index (κ3) is 2.22. The highest BCUT2D eigenvalue weighted by Gasteiger charge is 2.81. The molecule has 0 amide bonds. The SMILES string of the molecule is CC(C)(C)C(F)(F)C(F)(F)C(F)(F)C(C)(F)F. The molecule has 0 heterocycles. The summed E-state index contributed by atoms with van der Waals surface area (Å²) >= 11 is 0. The van der Waals surface area contributed by atoms with Crippen molar-refractivity contribution in [1.29, 1.82) is 0 Å². The third-order valence-electron chi connectivity index (χ3n) is 2.28. The summed E-state index contributed by atoms with van der Waals surface area (Å²) in [5, 5.41) is 0. The van der Waals surface area contributed by atoms with Crippen LogP contribution in [0.25, 0.3) is 0 Å². The largest absolute Gasteiger partial charge is 0.378 e. The van der Waals surface area contributed by atoms with Crippen LogP contribution in [-0.4, -0.2) is 23.7 Å². The molecule has 0 fully saturated rings. The van der Waals surface area contributed by atoms with Crippen LogP contribution in [0.3, 0.4) is 0 Å². The van der Waals surface area contributed by atoms with Gasteiger partial charge in [0.05, 0.1) is 0 Å². The molecule has 0 aromatic rings. The van der Waals surface area contributed by atoms with E-state index >= 15 is 0 Å². The van der Waals surface area contributed by atoms with Crippen LogP contribution in [0.1, 0.15) is 27.7 Å². The molecule has 0 nitrogen and oxygen atoms in total. The Kier molecular flexibility index (Phi) is 3.59. The minimum Gasteiger partial charge on any atom is -0.200 e. The van der Waals surface area contributed by atoms with Gasteiger partial charge in [-0.1, -0.05) is 20.8 Å². The maximum absolute atomic E-state index is 13.2. The van der Waals surface area contributed by atoms with Gasteiger partial charge in [0.2, 0.25) is 0 Å². The number of rotatable bonds is 3. The minimum atomic E-state index is -6.16. The molecule has 0 aliphatic rings. The predicted octanol–water partition coefficient (Wildman–Crippen LogP) is 4.59. The van der Waals surface area contributed by atoms with Gasteiger partial charge in [-0.3, -0.25) is 0 Å². The standard InChI is InChI=1S/C9H12F8/c1-5(2,3)7(12,13)9(16,17)8(14,15)6(4,10)11/h1-4H3. The van der Waals surface area contributed by atoms with Gasteiger partial charge in [-0.15, -0.1) is 0 Å². The first kappa shape index (κ1) is 16.4. The van der Waals surface area contributed by atoms with Crippen LogP contribution in [0.15, 0.2) is 0 Å². The van der Waals surface area contributed by atoms with Gasteiger partial charge in [0.15, 0.2) is 0 Å². The van der Waals surface area contributed by atoms with E-state index in [0.29, 0.717) is 20.8 Å². The smallest absolute Gasteiger partial charge is 0.200 e. The lowest BCUT2D eigenvalue weighted by Crippen LogP contribution is -2.64. The van der Waals surface area contributed by atoms with Gasteiger partial charge in [0.25, 0.3) is 0 Å². The van der Waals surface area contributed by atoms with E-state index in [1.165, 1.54) is 0 Å². The molecule has 0 unspecified atom stereocenters. The van der Waals surface area contributed by atoms with E-state index in [0.717, 1.165) is 0 Å². The molecule has 0 saturated carbocycles. The summed E-state index contributed by atoms with van der Waals surface area (Å²) in [7, 11) is 0. The molecule has 0 aromatic heterocycles. The molecule has 0 rings (SSSR count). The first-order chi connectivity index (χ1) is 7.00. The van der Waals surface area contributed by atoms with E-state index in [1.54, 1.807) is 0 Å². The van der Waals surface area contributed by atoms with Crippen molar-refractivity contribution in [3.63, 3.8) is 0 Å². The molecular weight excluding hydrogens is 260 g/mol. The van der Waals surface area contributed by atoms with E-state index in [-0.39, 0.29) is 0 Å². The van der Waals surface area contributed by atoms with Gasteiger partial charge in [0.1, 0.15) is 0 Å². The molecule has 0 N–H and O–H groups in total. The lowest BCUT2D eigenvalue weighted by Gasteiger charge is -2.41. The fourth-order valence-corrected chi connectivity index (χ4v) is 0.944. The van der Waals surface area contributed by atoms with Crippen LogP contribution in [0.2, 0.25) is 0 Å². The van der Waals surface area contributed by atoms with Crippen molar-refractivity contribution in [2.75, 3.05) is 0 Å². The first-order valence-corrected chi connectivity index (χ1v) is 4.51. The van der Waals surface area contributed by atoms with Crippen molar-refractivity contribution >= 4 is 0 Å². The zero-order valence-electron chi connectivity index (χ0n) is 9.52. The monoisotopic (exact) mass is 272 g/mol. The number of hydrogen-bond acceptors (Lipinski definition) is 0. The normalized spacial score (nSPS) is 16.2. The van der Waals surface area contributed by atoms with Crippen molar-refractivity contribution in [2.24, 2.45) is 5.41 Å². The quantitative estimate of drug-likeness (QED) is 0.659. The molecule has 0 radical (unpaired) electrons. The van der Waals surface area contributed by atoms with Crippen LogP contribution in [0.5, 0.6) is 0 Å². The Labute approximate surface area is 93.0 Å². The molecule has 8 heteroatoms. The van der Waals surface area contributed by atoms with Gasteiger partial charge >= 0.3 is 23.7 Å². The Morgan fingerprint density at radius 2 is 0.765 bits per heavy atom. The van der Waals surface area contributed by atoms with Crippen molar-refractivity contribution in [1.82, 2.24) is 0 Å². The van der Waals surface area contributed by atoms with Crippen molar-refractivity contribution in [3.8, 4) is 0 Å². The average molecular weight is 272 g/mol. The second-order valence-corrected chi connectivity index (χ2v) is 4.86. The fourth-order valence-electron chi connectivity index (χ4n) is 0.944. The van der Waals surface area contributed by atoms with E-state index in [4.69, 9.17) is 0 Å². The van der Waals surface area contributed by atoms with E-state index in [2.05, 4.69) is 0 Å². The Morgan fingerprint density at radius 3 is 0.941 bits per heavy atom. The number of hydrogen-bond donors (Lipinski definition) is 0. The molecular formula is C9H12F8. The van der Waals surface area contributed by atoms with Crippen molar-refractivity contribution in [2.45, 2.75) is 51.4 Å². The molecule has 0 spiro atoms. The highest BCUT2D eigenvalue weighted by Crippen LogP contribution is 2.57. The Bertz CT molecular complexity index is 252. The van der Waals surface area contributed by atoms with Crippen LogP contribution < -0.4 is 0 Å². The first-order valence-electron chi connectivity index (χ1n) is 4.51. The zero-order chi connectivity index (χ0) is 14.5. The van der Waals surface area contributed by atoms with Gasteiger partial charge < -0.3 is 0 Å². The molecule has 0 bridgehead atoms. The van der Waals surface area contributed by atoms with Gasteiger partial charge in [0, 0.05) is 12.3 Å². The Hall–Kier alpha value is -0.560. The summed E-state index contributed by atoms with van der Waals surface area (Å²) in [5.74, 6) is -22.8. The molecule has 104 valence electrons. The van der Waals surface area contributed by atoms with Crippen LogP contribution in [0, 0.1) is 5.41 Å². The van der Waals surface area contributed by atoms with Crippen molar-refractivity contribution < 1.29 is 35.1 Å². The molecule has 0 aliphatic carbocycles. The summed E-state index contributed by atoms with van der Waals surface area (Å²) in [6, 6.07) is 0. The lowest BCUT2D eigenvalue weighted by atomic mass is 9.81. The molecule has 0 aliphatic heterocycles. The fraction of sp³-hybridized carbons (Fsp3) is 1.00. The van der Waals surface area contributed by atoms with Crippen LogP contribution >= 0.6 is 0 Å². The number of alkyl halides is 8.